The molecule has 0 radical (unpaired) electrons. The molecule has 11 heteroatoms. The molecule has 252 valence electrons. The maximum atomic E-state index is 13.8. The van der Waals surface area contributed by atoms with Crippen LogP contribution in [0.5, 0.6) is 0 Å². The predicted molar refractivity (Wildman–Crippen MR) is 164 cm³/mol. The second kappa shape index (κ2) is 20.2. The van der Waals surface area contributed by atoms with Crippen molar-refractivity contribution in [3.63, 3.8) is 0 Å². The van der Waals surface area contributed by atoms with Crippen LogP contribution in [0.15, 0.2) is 35.9 Å². The zero-order valence-corrected chi connectivity index (χ0v) is 27.5. The van der Waals surface area contributed by atoms with E-state index in [0.29, 0.717) is 26.2 Å². The highest BCUT2D eigenvalue weighted by atomic mass is 16.7. The monoisotopic (exact) mass is 626 g/mol. The van der Waals surface area contributed by atoms with Gasteiger partial charge in [-0.3, -0.25) is 0 Å². The number of hydrogen-bond donors (Lipinski definition) is 2. The molecule has 0 saturated carbocycles. The maximum absolute atomic E-state index is 13.8. The highest BCUT2D eigenvalue weighted by Gasteiger charge is 2.37. The number of carbonyl (C=O) groups excluding carboxylic acids is 1. The van der Waals surface area contributed by atoms with E-state index in [1.165, 1.54) is 14.2 Å². The molecule has 0 aliphatic carbocycles. The molecule has 0 saturated heterocycles. The number of aliphatic hydroxyl groups is 2. The highest BCUT2D eigenvalue weighted by Crippen LogP contribution is 2.32. The van der Waals surface area contributed by atoms with Crippen molar-refractivity contribution in [3.8, 4) is 0 Å². The fraction of sp³-hybridized carbons (Fsp3) is 0.727. The first-order valence-corrected chi connectivity index (χ1v) is 15.3. The van der Waals surface area contributed by atoms with Gasteiger partial charge in [0.15, 0.2) is 6.10 Å². The van der Waals surface area contributed by atoms with Crippen LogP contribution in [0, 0.1) is 5.92 Å². The van der Waals surface area contributed by atoms with Crippen LogP contribution in [-0.2, 0) is 54.5 Å². The molecule has 2 N–H and O–H groups in total. The van der Waals surface area contributed by atoms with E-state index in [2.05, 4.69) is 0 Å². The van der Waals surface area contributed by atoms with Crippen molar-refractivity contribution in [2.75, 3.05) is 61.5 Å². The SMILES string of the molecule is CC[C@H](/C=C(/C)C1C[C@@H](O)C[C@H](O)C(C)(C)c2cccc(c2)C[C@@H](OCOC)[C@H](OCOC)C(=O)O1)COCOCCOC. The molecule has 2 bridgehead atoms. The Balaban J connectivity index is 2.43. The van der Waals surface area contributed by atoms with E-state index in [4.69, 9.17) is 37.9 Å². The Labute approximate surface area is 262 Å². The summed E-state index contributed by atoms with van der Waals surface area (Å²) in [4.78, 5) is 13.8. The largest absolute Gasteiger partial charge is 0.456 e. The minimum atomic E-state index is -1.14. The Morgan fingerprint density at radius 3 is 2.43 bits per heavy atom. The third-order valence-electron chi connectivity index (χ3n) is 7.98. The van der Waals surface area contributed by atoms with Crippen LogP contribution < -0.4 is 0 Å². The molecule has 2 rings (SSSR count). The fourth-order valence-electron chi connectivity index (χ4n) is 5.05. The lowest BCUT2D eigenvalue weighted by molar-refractivity contribution is -0.193. The lowest BCUT2D eigenvalue weighted by Gasteiger charge is -2.35. The number of cyclic esters (lactones) is 1. The van der Waals surface area contributed by atoms with Gasteiger partial charge in [-0.15, -0.1) is 0 Å². The smallest absolute Gasteiger partial charge is 0.338 e. The summed E-state index contributed by atoms with van der Waals surface area (Å²) in [6, 6.07) is 7.77. The normalized spacial score (nSPS) is 25.7. The summed E-state index contributed by atoms with van der Waals surface area (Å²) in [5.74, 6) is -0.643. The number of esters is 1. The Hall–Kier alpha value is -1.93. The molecule has 0 amide bonds. The number of hydrogen-bond acceptors (Lipinski definition) is 11. The van der Waals surface area contributed by atoms with Crippen molar-refractivity contribution in [2.24, 2.45) is 5.92 Å². The quantitative estimate of drug-likeness (QED) is 0.121. The molecule has 1 unspecified atom stereocenters. The minimum Gasteiger partial charge on any atom is -0.456 e. The van der Waals surface area contributed by atoms with E-state index in [0.717, 1.165) is 23.1 Å². The van der Waals surface area contributed by atoms with Crippen LogP contribution in [0.1, 0.15) is 58.1 Å². The summed E-state index contributed by atoms with van der Waals surface area (Å²) in [7, 11) is 4.58. The Morgan fingerprint density at radius 1 is 1.02 bits per heavy atom. The predicted octanol–water partition coefficient (Wildman–Crippen LogP) is 3.52. The topological polar surface area (TPSA) is 131 Å². The van der Waals surface area contributed by atoms with E-state index < -0.39 is 41.9 Å². The van der Waals surface area contributed by atoms with Crippen LogP contribution in [0.3, 0.4) is 0 Å². The molecule has 0 spiro atoms. The molecule has 1 aromatic rings. The second-order valence-corrected chi connectivity index (χ2v) is 11.8. The fourth-order valence-corrected chi connectivity index (χ4v) is 5.05. The third kappa shape index (κ3) is 12.5. The molecule has 6 atom stereocenters. The van der Waals surface area contributed by atoms with Crippen molar-refractivity contribution in [1.82, 2.24) is 0 Å². The summed E-state index contributed by atoms with van der Waals surface area (Å²) in [5.41, 5.74) is 1.87. The number of benzene rings is 1. The van der Waals surface area contributed by atoms with E-state index in [-0.39, 0.29) is 39.1 Å². The van der Waals surface area contributed by atoms with Crippen LogP contribution in [0.4, 0.5) is 0 Å². The summed E-state index contributed by atoms with van der Waals surface area (Å²) in [5, 5.41) is 22.5. The molecular weight excluding hydrogens is 572 g/mol. The second-order valence-electron chi connectivity index (χ2n) is 11.8. The van der Waals surface area contributed by atoms with Crippen molar-refractivity contribution in [2.45, 2.75) is 89.3 Å². The zero-order chi connectivity index (χ0) is 32.5. The van der Waals surface area contributed by atoms with Gasteiger partial charge in [0, 0.05) is 51.9 Å². The number of aliphatic hydroxyl groups excluding tert-OH is 2. The summed E-state index contributed by atoms with van der Waals surface area (Å²) in [6.45, 7) is 9.05. The summed E-state index contributed by atoms with van der Waals surface area (Å²) < 4.78 is 44.3. The van der Waals surface area contributed by atoms with Gasteiger partial charge in [0.1, 0.15) is 32.6 Å². The van der Waals surface area contributed by atoms with Crippen molar-refractivity contribution >= 4 is 5.97 Å². The Bertz CT molecular complexity index is 982. The third-order valence-corrected chi connectivity index (χ3v) is 7.98. The molecule has 1 heterocycles. The molecule has 1 aliphatic heterocycles. The van der Waals surface area contributed by atoms with Gasteiger partial charge in [0.05, 0.1) is 32.0 Å². The van der Waals surface area contributed by atoms with Gasteiger partial charge in [-0.2, -0.15) is 0 Å². The molecule has 0 fully saturated rings. The van der Waals surface area contributed by atoms with Crippen LogP contribution in [0.25, 0.3) is 0 Å². The maximum Gasteiger partial charge on any atom is 0.338 e. The van der Waals surface area contributed by atoms with E-state index in [1.807, 2.05) is 58.0 Å². The average molecular weight is 627 g/mol. The van der Waals surface area contributed by atoms with E-state index in [1.54, 1.807) is 7.11 Å². The summed E-state index contributed by atoms with van der Waals surface area (Å²) >= 11 is 0. The van der Waals surface area contributed by atoms with Gasteiger partial charge in [-0.05, 0) is 30.0 Å². The van der Waals surface area contributed by atoms with E-state index in [9.17, 15) is 15.0 Å². The average Bonchev–Trinajstić information content (AvgIpc) is 3.00. The first-order valence-electron chi connectivity index (χ1n) is 15.3. The van der Waals surface area contributed by atoms with Crippen molar-refractivity contribution in [1.29, 1.82) is 0 Å². The lowest BCUT2D eigenvalue weighted by Crippen LogP contribution is -2.44. The lowest BCUT2D eigenvalue weighted by atomic mass is 9.76. The van der Waals surface area contributed by atoms with Gasteiger partial charge in [0.2, 0.25) is 0 Å². The van der Waals surface area contributed by atoms with Gasteiger partial charge < -0.3 is 48.1 Å². The molecule has 1 aliphatic rings. The molecule has 44 heavy (non-hydrogen) atoms. The van der Waals surface area contributed by atoms with Crippen LogP contribution >= 0.6 is 0 Å². The molecule has 0 aromatic heterocycles. The first kappa shape index (κ1) is 38.3. The van der Waals surface area contributed by atoms with Gasteiger partial charge in [-0.1, -0.05) is 51.1 Å². The standard InChI is InChI=1S/C33H54O11/c1-8-24(19-41-22-40-13-12-37-5)14-23(2)28-17-27(34)18-30(35)33(3,4)26-11-9-10-25(15-26)16-29(42-20-38-6)31(32(36)44-28)43-21-39-7/h9-11,14-15,24,27-31,34-35H,8,12-13,16-22H2,1-7H3/b23-14-/t24-,27-,28?,29-,30+,31+/m1/s1. The highest BCUT2D eigenvalue weighted by molar-refractivity contribution is 5.76. The van der Waals surface area contributed by atoms with Gasteiger partial charge in [0.25, 0.3) is 0 Å². The number of carbonyl (C=O) groups is 1. The molecular formula is C33H54O11. The number of rotatable bonds is 16. The zero-order valence-electron chi connectivity index (χ0n) is 27.5. The minimum absolute atomic E-state index is 0.0119. The molecule has 11 nitrogen and oxygen atoms in total. The van der Waals surface area contributed by atoms with Crippen molar-refractivity contribution < 1.29 is 52.9 Å². The van der Waals surface area contributed by atoms with Crippen LogP contribution in [-0.4, -0.2) is 108 Å². The van der Waals surface area contributed by atoms with E-state index >= 15 is 0 Å². The molecule has 1 aromatic carbocycles. The number of fused-ring (bicyclic) bond motifs is 2. The first-order chi connectivity index (χ1) is 21.1. The number of methoxy groups -OCH3 is 3. The van der Waals surface area contributed by atoms with Crippen LogP contribution in [0.2, 0.25) is 0 Å². The Kier molecular flexibility index (Phi) is 17.6. The van der Waals surface area contributed by atoms with Gasteiger partial charge in [-0.25, -0.2) is 4.79 Å². The Morgan fingerprint density at radius 2 is 1.75 bits per heavy atom. The van der Waals surface area contributed by atoms with Crippen molar-refractivity contribution in [3.05, 3.63) is 47.0 Å². The van der Waals surface area contributed by atoms with Gasteiger partial charge >= 0.3 is 5.97 Å². The summed E-state index contributed by atoms with van der Waals surface area (Å²) in [6.07, 6.45) is -1.25. The number of ether oxygens (including phenoxy) is 8.